The third-order valence-electron chi connectivity index (χ3n) is 3.10. The van der Waals surface area contributed by atoms with E-state index >= 15 is 0 Å². The second-order valence-electron chi connectivity index (χ2n) is 4.28. The highest BCUT2D eigenvalue weighted by atomic mass is 19.1. The number of benzene rings is 1. The number of rotatable bonds is 1. The summed E-state index contributed by atoms with van der Waals surface area (Å²) in [6.07, 6.45) is 5.20. The molecule has 17 heavy (non-hydrogen) atoms. The van der Waals surface area contributed by atoms with E-state index in [-0.39, 0.29) is 5.82 Å². The molecule has 1 aliphatic rings. The van der Waals surface area contributed by atoms with Gasteiger partial charge in [0.1, 0.15) is 5.82 Å². The van der Waals surface area contributed by atoms with E-state index in [1.807, 2.05) is 10.9 Å². The molecule has 0 unspecified atom stereocenters. The Bertz CT molecular complexity index is 516. The maximum absolute atomic E-state index is 12.9. The zero-order chi connectivity index (χ0) is 11.7. The second-order valence-corrected chi connectivity index (χ2v) is 4.28. The minimum atomic E-state index is -0.217. The van der Waals surface area contributed by atoms with Gasteiger partial charge in [-0.25, -0.2) is 9.07 Å². The van der Waals surface area contributed by atoms with Gasteiger partial charge in [0.05, 0.1) is 23.3 Å². The fraction of sp³-hybridized carbons (Fsp3) is 0.308. The van der Waals surface area contributed by atoms with Crippen LogP contribution in [-0.2, 0) is 6.42 Å². The van der Waals surface area contributed by atoms with Crippen molar-refractivity contribution >= 4 is 5.69 Å². The van der Waals surface area contributed by atoms with Crippen LogP contribution in [0.4, 0.5) is 10.1 Å². The number of hydrogen-bond donors (Lipinski definition) is 1. The molecule has 3 nitrogen and oxygen atoms in total. The van der Waals surface area contributed by atoms with Crippen LogP contribution >= 0.6 is 0 Å². The smallest absolute Gasteiger partial charge is 0.123 e. The van der Waals surface area contributed by atoms with Crippen LogP contribution < -0.4 is 5.32 Å². The van der Waals surface area contributed by atoms with Gasteiger partial charge in [0.25, 0.3) is 0 Å². The van der Waals surface area contributed by atoms with Crippen LogP contribution in [0.1, 0.15) is 18.5 Å². The molecular weight excluding hydrogens is 217 g/mol. The first-order valence-electron chi connectivity index (χ1n) is 5.91. The Kier molecular flexibility index (Phi) is 2.55. The van der Waals surface area contributed by atoms with Crippen LogP contribution in [0.25, 0.3) is 5.69 Å². The van der Waals surface area contributed by atoms with E-state index in [9.17, 15) is 4.39 Å². The molecular formula is C13H14FN3. The Morgan fingerprint density at radius 1 is 1.18 bits per heavy atom. The SMILES string of the molecule is Fc1ccc(-n2ncc3c2CCCCN3)cc1. The molecule has 0 saturated carbocycles. The molecule has 2 heterocycles. The van der Waals surface area contributed by atoms with Crippen molar-refractivity contribution in [3.8, 4) is 5.69 Å². The quantitative estimate of drug-likeness (QED) is 0.817. The highest BCUT2D eigenvalue weighted by molar-refractivity contribution is 5.50. The van der Waals surface area contributed by atoms with Gasteiger partial charge in [-0.1, -0.05) is 0 Å². The molecule has 0 fully saturated rings. The van der Waals surface area contributed by atoms with Gasteiger partial charge in [0, 0.05) is 6.54 Å². The first kappa shape index (κ1) is 10.3. The number of halogens is 1. The van der Waals surface area contributed by atoms with E-state index in [0.29, 0.717) is 0 Å². The molecule has 4 heteroatoms. The summed E-state index contributed by atoms with van der Waals surface area (Å²) in [4.78, 5) is 0. The average molecular weight is 231 g/mol. The van der Waals surface area contributed by atoms with E-state index in [2.05, 4.69) is 10.4 Å². The summed E-state index contributed by atoms with van der Waals surface area (Å²) in [7, 11) is 0. The predicted molar refractivity (Wildman–Crippen MR) is 64.9 cm³/mol. The standard InChI is InChI=1S/C13H14FN3/c14-10-4-6-11(7-5-10)17-13-3-1-2-8-15-12(13)9-16-17/h4-7,9,15H,1-3,8H2. The largest absolute Gasteiger partial charge is 0.382 e. The molecule has 0 saturated heterocycles. The molecule has 1 aromatic heterocycles. The molecule has 3 rings (SSSR count). The number of fused-ring (bicyclic) bond motifs is 1. The summed E-state index contributed by atoms with van der Waals surface area (Å²) < 4.78 is 14.8. The highest BCUT2D eigenvalue weighted by Gasteiger charge is 2.14. The molecule has 1 aromatic carbocycles. The van der Waals surface area contributed by atoms with Gasteiger partial charge in [0.15, 0.2) is 0 Å². The third kappa shape index (κ3) is 1.90. The number of nitrogens with one attached hydrogen (secondary N) is 1. The molecule has 2 aromatic rings. The molecule has 88 valence electrons. The summed E-state index contributed by atoms with van der Waals surface area (Å²) >= 11 is 0. The summed E-state index contributed by atoms with van der Waals surface area (Å²) in [5.41, 5.74) is 3.21. The van der Waals surface area contributed by atoms with Crippen molar-refractivity contribution in [3.05, 3.63) is 42.0 Å². The molecule has 1 aliphatic heterocycles. The molecule has 0 spiro atoms. The fourth-order valence-electron chi connectivity index (χ4n) is 2.21. The van der Waals surface area contributed by atoms with Crippen molar-refractivity contribution in [1.82, 2.24) is 9.78 Å². The summed E-state index contributed by atoms with van der Waals surface area (Å²) in [6.45, 7) is 1.00. The molecule has 0 amide bonds. The predicted octanol–water partition coefficient (Wildman–Crippen LogP) is 2.76. The molecule has 0 aliphatic carbocycles. The number of aromatic nitrogens is 2. The summed E-state index contributed by atoms with van der Waals surface area (Å²) in [6, 6.07) is 6.45. The molecule has 1 N–H and O–H groups in total. The monoisotopic (exact) mass is 231 g/mol. The van der Waals surface area contributed by atoms with Crippen LogP contribution in [0.15, 0.2) is 30.5 Å². The van der Waals surface area contributed by atoms with Crippen molar-refractivity contribution in [1.29, 1.82) is 0 Å². The first-order valence-corrected chi connectivity index (χ1v) is 5.91. The van der Waals surface area contributed by atoms with Gasteiger partial charge in [-0.15, -0.1) is 0 Å². The minimum Gasteiger partial charge on any atom is -0.382 e. The fourth-order valence-corrected chi connectivity index (χ4v) is 2.21. The van der Waals surface area contributed by atoms with Crippen molar-refractivity contribution in [2.75, 3.05) is 11.9 Å². The topological polar surface area (TPSA) is 29.9 Å². The lowest BCUT2D eigenvalue weighted by Gasteiger charge is -2.07. The number of nitrogens with zero attached hydrogens (tertiary/aromatic N) is 2. The van der Waals surface area contributed by atoms with E-state index in [1.165, 1.54) is 24.2 Å². The van der Waals surface area contributed by atoms with Gasteiger partial charge in [-0.2, -0.15) is 5.10 Å². The number of hydrogen-bond acceptors (Lipinski definition) is 2. The molecule has 0 bridgehead atoms. The van der Waals surface area contributed by atoms with E-state index in [1.54, 1.807) is 12.1 Å². The summed E-state index contributed by atoms with van der Waals surface area (Å²) in [5.74, 6) is -0.217. The van der Waals surface area contributed by atoms with Gasteiger partial charge in [-0.05, 0) is 43.5 Å². The first-order chi connectivity index (χ1) is 8.34. The van der Waals surface area contributed by atoms with Crippen molar-refractivity contribution in [2.24, 2.45) is 0 Å². The van der Waals surface area contributed by atoms with E-state index in [4.69, 9.17) is 0 Å². The Hall–Kier alpha value is -1.84. The minimum absolute atomic E-state index is 0.217. The zero-order valence-electron chi connectivity index (χ0n) is 9.49. The lowest BCUT2D eigenvalue weighted by atomic mass is 10.2. The highest BCUT2D eigenvalue weighted by Crippen LogP contribution is 2.23. The number of anilines is 1. The van der Waals surface area contributed by atoms with Gasteiger partial charge < -0.3 is 5.32 Å². The van der Waals surface area contributed by atoms with Crippen molar-refractivity contribution in [2.45, 2.75) is 19.3 Å². The maximum atomic E-state index is 12.9. The molecule has 0 radical (unpaired) electrons. The van der Waals surface area contributed by atoms with E-state index < -0.39 is 0 Å². The van der Waals surface area contributed by atoms with Crippen LogP contribution in [0, 0.1) is 5.82 Å². The van der Waals surface area contributed by atoms with Gasteiger partial charge in [0.2, 0.25) is 0 Å². The summed E-state index contributed by atoms with van der Waals surface area (Å²) in [5, 5.41) is 7.74. The normalized spacial score (nSPS) is 14.9. The van der Waals surface area contributed by atoms with E-state index in [0.717, 1.165) is 30.8 Å². The Morgan fingerprint density at radius 3 is 2.82 bits per heavy atom. The Balaban J connectivity index is 2.03. The lowest BCUT2D eigenvalue weighted by molar-refractivity contribution is 0.626. The lowest BCUT2D eigenvalue weighted by Crippen LogP contribution is -2.02. The average Bonchev–Trinajstić information content (AvgIpc) is 2.60. The second kappa shape index (κ2) is 4.20. The maximum Gasteiger partial charge on any atom is 0.123 e. The van der Waals surface area contributed by atoms with Crippen LogP contribution in [0.3, 0.4) is 0 Å². The van der Waals surface area contributed by atoms with Crippen LogP contribution in [0.5, 0.6) is 0 Å². The van der Waals surface area contributed by atoms with Crippen LogP contribution in [-0.4, -0.2) is 16.3 Å². The van der Waals surface area contributed by atoms with Crippen molar-refractivity contribution in [3.63, 3.8) is 0 Å². The Labute approximate surface area is 99.3 Å². The van der Waals surface area contributed by atoms with Gasteiger partial charge >= 0.3 is 0 Å². The molecule has 0 atom stereocenters. The zero-order valence-corrected chi connectivity index (χ0v) is 9.49. The van der Waals surface area contributed by atoms with Crippen LogP contribution in [0.2, 0.25) is 0 Å². The van der Waals surface area contributed by atoms with Gasteiger partial charge in [-0.3, -0.25) is 0 Å². The van der Waals surface area contributed by atoms with Crippen molar-refractivity contribution < 1.29 is 4.39 Å². The Morgan fingerprint density at radius 2 is 2.00 bits per heavy atom. The third-order valence-corrected chi connectivity index (χ3v) is 3.10.